The summed E-state index contributed by atoms with van der Waals surface area (Å²) in [6.45, 7) is 1.48. The zero-order valence-corrected chi connectivity index (χ0v) is 14.1. The maximum Gasteiger partial charge on any atom is 0.407 e. The Morgan fingerprint density at radius 3 is 2.88 bits per heavy atom. The zero-order valence-electron chi connectivity index (χ0n) is 13.4. The summed E-state index contributed by atoms with van der Waals surface area (Å²) in [5.74, 6) is 1.65. The number of nitrogen functional groups attached to an aromatic ring is 1. The van der Waals surface area contributed by atoms with Crippen LogP contribution in [-0.2, 0) is 6.42 Å². The lowest BCUT2D eigenvalue weighted by molar-refractivity contribution is 0.131. The minimum atomic E-state index is -0.892. The summed E-state index contributed by atoms with van der Waals surface area (Å²) in [5, 5.41) is 13.5. The van der Waals surface area contributed by atoms with Crippen molar-refractivity contribution in [2.75, 3.05) is 25.4 Å². The molecule has 8 nitrogen and oxygen atoms in total. The molecular formula is C16H17ClN4O4. The number of anilines is 1. The van der Waals surface area contributed by atoms with Crippen molar-refractivity contribution in [1.82, 2.24) is 15.0 Å². The minimum absolute atomic E-state index is 0.0753. The van der Waals surface area contributed by atoms with Crippen molar-refractivity contribution in [3.8, 4) is 17.2 Å². The maximum atomic E-state index is 11.0. The van der Waals surface area contributed by atoms with Gasteiger partial charge >= 0.3 is 6.09 Å². The number of benzene rings is 1. The van der Waals surface area contributed by atoms with E-state index in [1.54, 1.807) is 6.07 Å². The van der Waals surface area contributed by atoms with Crippen LogP contribution >= 0.6 is 11.6 Å². The molecule has 0 aliphatic carbocycles. The van der Waals surface area contributed by atoms with Gasteiger partial charge in [0.05, 0.1) is 22.9 Å². The number of nitrogens with two attached hydrogens (primary N) is 1. The number of likely N-dealkylation sites (tertiary alicyclic amines) is 1. The fourth-order valence-electron chi connectivity index (χ4n) is 3.37. The number of halogens is 1. The molecule has 0 bridgehead atoms. The third kappa shape index (κ3) is 2.76. The van der Waals surface area contributed by atoms with Crippen molar-refractivity contribution in [1.29, 1.82) is 0 Å². The third-order valence-electron chi connectivity index (χ3n) is 4.77. The Morgan fingerprint density at radius 2 is 2.16 bits per heavy atom. The Hall–Kier alpha value is -2.48. The molecule has 1 aromatic carbocycles. The number of fused-ring (bicyclic) bond motifs is 1. The van der Waals surface area contributed by atoms with E-state index >= 15 is 0 Å². The van der Waals surface area contributed by atoms with E-state index in [2.05, 4.69) is 10.1 Å². The molecule has 2 aromatic rings. The molecule has 4 rings (SSSR count). The summed E-state index contributed by atoms with van der Waals surface area (Å²) in [7, 11) is 0. The average molecular weight is 365 g/mol. The second-order valence-corrected chi connectivity index (χ2v) is 6.63. The molecular weight excluding hydrogens is 348 g/mol. The van der Waals surface area contributed by atoms with E-state index in [1.165, 1.54) is 4.90 Å². The summed E-state index contributed by atoms with van der Waals surface area (Å²) < 4.78 is 11.1. The van der Waals surface area contributed by atoms with Crippen LogP contribution in [0.4, 0.5) is 10.5 Å². The highest BCUT2D eigenvalue weighted by atomic mass is 35.5. The van der Waals surface area contributed by atoms with E-state index in [4.69, 9.17) is 31.7 Å². The summed E-state index contributed by atoms with van der Waals surface area (Å²) in [4.78, 5) is 16.9. The fourth-order valence-corrected chi connectivity index (χ4v) is 3.59. The van der Waals surface area contributed by atoms with Crippen LogP contribution in [0, 0.1) is 0 Å². The van der Waals surface area contributed by atoms with Crippen LogP contribution in [-0.4, -0.2) is 45.9 Å². The van der Waals surface area contributed by atoms with Gasteiger partial charge < -0.3 is 25.0 Å². The number of aromatic nitrogens is 2. The Labute approximate surface area is 148 Å². The Bertz CT molecular complexity index is 830. The summed E-state index contributed by atoms with van der Waals surface area (Å²) in [5.41, 5.74) is 8.05. The van der Waals surface area contributed by atoms with Crippen molar-refractivity contribution < 1.29 is 19.2 Å². The molecule has 1 fully saturated rings. The number of carboxylic acid groups (broad SMARTS) is 1. The molecule has 1 amide bonds. The first-order valence-corrected chi connectivity index (χ1v) is 8.48. The molecule has 9 heteroatoms. The fraction of sp³-hybridized carbons (Fsp3) is 0.438. The second-order valence-electron chi connectivity index (χ2n) is 6.23. The topological polar surface area (TPSA) is 115 Å². The minimum Gasteiger partial charge on any atom is -0.492 e. The van der Waals surface area contributed by atoms with Crippen LogP contribution in [0.2, 0.25) is 5.02 Å². The van der Waals surface area contributed by atoms with Gasteiger partial charge in [-0.05, 0) is 18.9 Å². The molecule has 0 atom stereocenters. The number of piperidine rings is 1. The molecule has 0 radical (unpaired) electrons. The molecule has 2 aliphatic heterocycles. The molecule has 1 saturated heterocycles. The van der Waals surface area contributed by atoms with Gasteiger partial charge in [0.25, 0.3) is 5.89 Å². The van der Waals surface area contributed by atoms with Crippen molar-refractivity contribution in [2.45, 2.75) is 25.2 Å². The van der Waals surface area contributed by atoms with Gasteiger partial charge in [0.1, 0.15) is 5.75 Å². The highest BCUT2D eigenvalue weighted by Crippen LogP contribution is 2.43. The van der Waals surface area contributed by atoms with Crippen LogP contribution in [0.3, 0.4) is 0 Å². The molecule has 25 heavy (non-hydrogen) atoms. The van der Waals surface area contributed by atoms with E-state index in [0.29, 0.717) is 72.7 Å². The molecule has 3 heterocycles. The Balaban J connectivity index is 1.60. The van der Waals surface area contributed by atoms with Gasteiger partial charge in [0, 0.05) is 31.0 Å². The van der Waals surface area contributed by atoms with Gasteiger partial charge in [-0.1, -0.05) is 16.8 Å². The number of amides is 1. The first-order valence-electron chi connectivity index (χ1n) is 8.10. The van der Waals surface area contributed by atoms with Crippen LogP contribution < -0.4 is 10.5 Å². The summed E-state index contributed by atoms with van der Waals surface area (Å²) >= 11 is 6.22. The molecule has 0 unspecified atom stereocenters. The van der Waals surface area contributed by atoms with Crippen molar-refractivity contribution in [3.05, 3.63) is 22.5 Å². The van der Waals surface area contributed by atoms with Gasteiger partial charge in [-0.2, -0.15) is 4.98 Å². The lowest BCUT2D eigenvalue weighted by Crippen LogP contribution is -2.37. The van der Waals surface area contributed by atoms with Gasteiger partial charge in [-0.3, -0.25) is 0 Å². The van der Waals surface area contributed by atoms with E-state index < -0.39 is 6.09 Å². The number of ether oxygens (including phenoxy) is 1. The highest BCUT2D eigenvalue weighted by molar-refractivity contribution is 6.33. The van der Waals surface area contributed by atoms with Crippen molar-refractivity contribution in [3.63, 3.8) is 0 Å². The van der Waals surface area contributed by atoms with Gasteiger partial charge in [-0.25, -0.2) is 4.79 Å². The molecule has 0 spiro atoms. The third-order valence-corrected chi connectivity index (χ3v) is 5.09. The number of nitrogens with zero attached hydrogens (tertiary/aromatic N) is 3. The van der Waals surface area contributed by atoms with Crippen molar-refractivity contribution >= 4 is 23.4 Å². The monoisotopic (exact) mass is 364 g/mol. The van der Waals surface area contributed by atoms with Gasteiger partial charge in [-0.15, -0.1) is 0 Å². The normalized spacial score (nSPS) is 17.4. The molecule has 1 aromatic heterocycles. The molecule has 132 valence electrons. The van der Waals surface area contributed by atoms with E-state index in [9.17, 15) is 4.79 Å². The average Bonchev–Trinajstić information content (AvgIpc) is 3.28. The predicted octanol–water partition coefficient (Wildman–Crippen LogP) is 2.76. The highest BCUT2D eigenvalue weighted by Gasteiger charge is 2.29. The number of rotatable bonds is 2. The van der Waals surface area contributed by atoms with E-state index in [1.807, 2.05) is 0 Å². The van der Waals surface area contributed by atoms with Crippen LogP contribution in [0.5, 0.6) is 5.75 Å². The predicted molar refractivity (Wildman–Crippen MR) is 89.9 cm³/mol. The zero-order chi connectivity index (χ0) is 17.6. The van der Waals surface area contributed by atoms with Gasteiger partial charge in [0.15, 0.2) is 5.82 Å². The number of hydrogen-bond acceptors (Lipinski definition) is 6. The second kappa shape index (κ2) is 6.11. The standard InChI is InChI=1S/C16H17ClN4O4/c17-11-7-10(13-9(12(11)18)3-6-24-13)15-19-14(20-25-15)8-1-4-21(5-2-8)16(22)23/h7-8H,1-6,18H2,(H,22,23). The molecule has 3 N–H and O–H groups in total. The quantitative estimate of drug-likeness (QED) is 0.787. The maximum absolute atomic E-state index is 11.0. The molecule has 2 aliphatic rings. The largest absolute Gasteiger partial charge is 0.492 e. The summed E-state index contributed by atoms with van der Waals surface area (Å²) in [6.07, 6.45) is 1.14. The van der Waals surface area contributed by atoms with Crippen molar-refractivity contribution in [2.24, 2.45) is 0 Å². The number of carbonyl (C=O) groups is 1. The van der Waals surface area contributed by atoms with E-state index in [-0.39, 0.29) is 5.92 Å². The SMILES string of the molecule is Nc1c(Cl)cc(-c2nc(C3CCN(C(=O)O)CC3)no2)c2c1CCO2. The number of hydrogen-bond donors (Lipinski definition) is 2. The van der Waals surface area contributed by atoms with Gasteiger partial charge in [0.2, 0.25) is 0 Å². The first kappa shape index (κ1) is 16.0. The molecule has 0 saturated carbocycles. The van der Waals surface area contributed by atoms with Crippen LogP contribution in [0.25, 0.3) is 11.5 Å². The lowest BCUT2D eigenvalue weighted by atomic mass is 9.96. The summed E-state index contributed by atoms with van der Waals surface area (Å²) in [6, 6.07) is 1.69. The Kier molecular flexibility index (Phi) is 3.91. The first-order chi connectivity index (χ1) is 12.0. The Morgan fingerprint density at radius 1 is 1.40 bits per heavy atom. The van der Waals surface area contributed by atoms with Crippen LogP contribution in [0.1, 0.15) is 30.1 Å². The van der Waals surface area contributed by atoms with E-state index in [0.717, 1.165) is 5.56 Å². The van der Waals surface area contributed by atoms with Crippen LogP contribution in [0.15, 0.2) is 10.6 Å². The smallest absolute Gasteiger partial charge is 0.407 e. The lowest BCUT2D eigenvalue weighted by Gasteiger charge is -2.28.